The van der Waals surface area contributed by atoms with E-state index in [0.29, 0.717) is 28.7 Å². The molecule has 0 bridgehead atoms. The monoisotopic (exact) mass is 346 g/mol. The summed E-state index contributed by atoms with van der Waals surface area (Å²) in [6, 6.07) is 17.4. The molecule has 0 saturated heterocycles. The minimum Gasteiger partial charge on any atom is -0.497 e. The van der Waals surface area contributed by atoms with Crippen LogP contribution in [0.25, 0.3) is 23.0 Å². The van der Waals surface area contributed by atoms with Crippen LogP contribution in [0.3, 0.4) is 0 Å². The summed E-state index contributed by atoms with van der Waals surface area (Å²) < 4.78 is 12.4. The van der Waals surface area contributed by atoms with Gasteiger partial charge in [-0.2, -0.15) is 5.26 Å². The topological polar surface area (TPSA) is 73.0 Å². The molecule has 0 atom stereocenters. The molecule has 0 aliphatic carbocycles. The number of nitriles is 1. The first-order chi connectivity index (χ1) is 12.7. The number of ether oxygens (including phenoxy) is 2. The van der Waals surface area contributed by atoms with Crippen LogP contribution in [-0.2, 0) is 7.05 Å². The fraction of sp³-hybridized carbons (Fsp3) is 0.150. The second kappa shape index (κ2) is 7.53. The summed E-state index contributed by atoms with van der Waals surface area (Å²) >= 11 is 0. The largest absolute Gasteiger partial charge is 0.497 e. The van der Waals surface area contributed by atoms with Crippen molar-refractivity contribution in [1.82, 2.24) is 14.8 Å². The first-order valence-corrected chi connectivity index (χ1v) is 7.97. The van der Waals surface area contributed by atoms with Crippen molar-refractivity contribution in [3.63, 3.8) is 0 Å². The number of nitrogens with zero attached hydrogens (tertiary/aromatic N) is 4. The quantitative estimate of drug-likeness (QED) is 0.661. The molecule has 0 aliphatic rings. The van der Waals surface area contributed by atoms with Gasteiger partial charge >= 0.3 is 0 Å². The summed E-state index contributed by atoms with van der Waals surface area (Å²) in [6.07, 6.45) is 1.73. The van der Waals surface area contributed by atoms with Gasteiger partial charge in [0.05, 0.1) is 19.8 Å². The number of rotatable bonds is 5. The fourth-order valence-corrected chi connectivity index (χ4v) is 2.64. The van der Waals surface area contributed by atoms with Crippen molar-refractivity contribution in [3.05, 3.63) is 59.9 Å². The lowest BCUT2D eigenvalue weighted by molar-refractivity contribution is 0.394. The van der Waals surface area contributed by atoms with Crippen LogP contribution in [0.1, 0.15) is 11.4 Å². The smallest absolute Gasteiger partial charge is 0.174 e. The molecule has 6 nitrogen and oxygen atoms in total. The van der Waals surface area contributed by atoms with Crippen molar-refractivity contribution < 1.29 is 9.47 Å². The van der Waals surface area contributed by atoms with Crippen LogP contribution >= 0.6 is 0 Å². The summed E-state index contributed by atoms with van der Waals surface area (Å²) in [5.74, 6) is 2.48. The Kier molecular flexibility index (Phi) is 4.99. The third kappa shape index (κ3) is 3.28. The number of methoxy groups -OCH3 is 2. The van der Waals surface area contributed by atoms with E-state index in [4.69, 9.17) is 9.47 Å². The molecule has 0 N–H and O–H groups in total. The molecule has 0 aliphatic heterocycles. The molecule has 0 spiro atoms. The lowest BCUT2D eigenvalue weighted by Gasteiger charge is -2.08. The Morgan fingerprint density at radius 3 is 2.50 bits per heavy atom. The number of aromatic nitrogens is 3. The van der Waals surface area contributed by atoms with Crippen molar-refractivity contribution in [2.45, 2.75) is 0 Å². The van der Waals surface area contributed by atoms with Gasteiger partial charge in [0.1, 0.15) is 17.6 Å². The van der Waals surface area contributed by atoms with Gasteiger partial charge in [-0.25, -0.2) is 0 Å². The summed E-state index contributed by atoms with van der Waals surface area (Å²) in [4.78, 5) is 0. The minimum absolute atomic E-state index is 0.394. The van der Waals surface area contributed by atoms with E-state index in [1.807, 2.05) is 49.5 Å². The van der Waals surface area contributed by atoms with Gasteiger partial charge in [0, 0.05) is 24.2 Å². The van der Waals surface area contributed by atoms with Crippen molar-refractivity contribution in [2.75, 3.05) is 14.2 Å². The predicted octanol–water partition coefficient (Wildman–Crippen LogP) is 3.56. The molecule has 0 amide bonds. The maximum Gasteiger partial charge on any atom is 0.174 e. The third-order valence-corrected chi connectivity index (χ3v) is 4.01. The fourth-order valence-electron chi connectivity index (χ4n) is 2.64. The first-order valence-electron chi connectivity index (χ1n) is 7.97. The molecule has 0 fully saturated rings. The molecule has 3 aromatic rings. The van der Waals surface area contributed by atoms with Gasteiger partial charge in [0.15, 0.2) is 11.6 Å². The third-order valence-electron chi connectivity index (χ3n) is 4.01. The van der Waals surface area contributed by atoms with Crippen molar-refractivity contribution in [2.24, 2.45) is 7.05 Å². The molecular formula is C20H18N4O2. The Labute approximate surface area is 151 Å². The Morgan fingerprint density at radius 2 is 1.85 bits per heavy atom. The maximum absolute atomic E-state index is 9.64. The van der Waals surface area contributed by atoms with E-state index in [2.05, 4.69) is 16.3 Å². The predicted molar refractivity (Wildman–Crippen MR) is 99.5 cm³/mol. The number of benzene rings is 2. The van der Waals surface area contributed by atoms with Crippen molar-refractivity contribution in [3.8, 4) is 29.0 Å². The van der Waals surface area contributed by atoms with Crippen LogP contribution in [0.4, 0.5) is 0 Å². The SMILES string of the molecule is COc1ccc(/C=C(\C#N)c2nnc(-c3ccccc3)n2C)c(OC)c1. The van der Waals surface area contributed by atoms with Crippen molar-refractivity contribution in [1.29, 1.82) is 5.26 Å². The maximum atomic E-state index is 9.64. The zero-order valence-corrected chi connectivity index (χ0v) is 14.8. The highest BCUT2D eigenvalue weighted by atomic mass is 16.5. The molecule has 0 radical (unpaired) electrons. The van der Waals surface area contributed by atoms with Crippen LogP contribution in [0.2, 0.25) is 0 Å². The zero-order valence-electron chi connectivity index (χ0n) is 14.8. The van der Waals surface area contributed by atoms with Crippen LogP contribution < -0.4 is 9.47 Å². The Balaban J connectivity index is 2.04. The lowest BCUT2D eigenvalue weighted by atomic mass is 10.1. The van der Waals surface area contributed by atoms with E-state index >= 15 is 0 Å². The van der Waals surface area contributed by atoms with E-state index in [0.717, 1.165) is 11.1 Å². The second-order valence-electron chi connectivity index (χ2n) is 5.55. The lowest BCUT2D eigenvalue weighted by Crippen LogP contribution is -1.99. The number of hydrogen-bond acceptors (Lipinski definition) is 5. The van der Waals surface area contributed by atoms with E-state index in [9.17, 15) is 5.26 Å². The molecule has 130 valence electrons. The standard InChI is InChI=1S/C20H18N4O2/c1-24-19(14-7-5-4-6-8-14)22-23-20(24)16(13-21)11-15-9-10-17(25-2)12-18(15)26-3/h4-12H,1-3H3/b16-11+. The molecule has 3 rings (SSSR count). The molecule has 0 saturated carbocycles. The molecule has 2 aromatic carbocycles. The van der Waals surface area contributed by atoms with Crippen molar-refractivity contribution >= 4 is 11.6 Å². The Bertz CT molecular complexity index is 985. The van der Waals surface area contributed by atoms with Crippen LogP contribution in [0, 0.1) is 11.3 Å². The highest BCUT2D eigenvalue weighted by molar-refractivity contribution is 5.89. The van der Waals surface area contributed by atoms with Gasteiger partial charge in [0.25, 0.3) is 0 Å². The zero-order chi connectivity index (χ0) is 18.5. The number of allylic oxidation sites excluding steroid dienone is 1. The van der Waals surface area contributed by atoms with E-state index in [1.165, 1.54) is 0 Å². The minimum atomic E-state index is 0.394. The normalized spacial score (nSPS) is 11.1. The highest BCUT2D eigenvalue weighted by Crippen LogP contribution is 2.29. The van der Waals surface area contributed by atoms with E-state index in [1.54, 1.807) is 30.9 Å². The first kappa shape index (κ1) is 17.2. The molecular weight excluding hydrogens is 328 g/mol. The Hall–Kier alpha value is -3.59. The summed E-state index contributed by atoms with van der Waals surface area (Å²) in [5, 5.41) is 18.1. The van der Waals surface area contributed by atoms with Gasteiger partial charge < -0.3 is 14.0 Å². The molecule has 26 heavy (non-hydrogen) atoms. The van der Waals surface area contributed by atoms with Gasteiger partial charge in [-0.15, -0.1) is 10.2 Å². The van der Waals surface area contributed by atoms with Crippen LogP contribution in [-0.4, -0.2) is 29.0 Å². The number of hydrogen-bond donors (Lipinski definition) is 0. The van der Waals surface area contributed by atoms with Gasteiger partial charge in [-0.05, 0) is 18.2 Å². The summed E-state index contributed by atoms with van der Waals surface area (Å²) in [5.41, 5.74) is 2.09. The average Bonchev–Trinajstić information content (AvgIpc) is 3.08. The Morgan fingerprint density at radius 1 is 1.08 bits per heavy atom. The van der Waals surface area contributed by atoms with E-state index < -0.39 is 0 Å². The average molecular weight is 346 g/mol. The van der Waals surface area contributed by atoms with Gasteiger partial charge in [-0.3, -0.25) is 0 Å². The summed E-state index contributed by atoms with van der Waals surface area (Å²) in [7, 11) is 5.01. The van der Waals surface area contributed by atoms with Crippen LogP contribution in [0.5, 0.6) is 11.5 Å². The van der Waals surface area contributed by atoms with Gasteiger partial charge in [-0.1, -0.05) is 30.3 Å². The molecule has 1 heterocycles. The van der Waals surface area contributed by atoms with Crippen LogP contribution in [0.15, 0.2) is 48.5 Å². The van der Waals surface area contributed by atoms with E-state index in [-0.39, 0.29) is 0 Å². The summed E-state index contributed by atoms with van der Waals surface area (Å²) in [6.45, 7) is 0. The van der Waals surface area contributed by atoms with Gasteiger partial charge in [0.2, 0.25) is 0 Å². The second-order valence-corrected chi connectivity index (χ2v) is 5.55. The molecule has 1 aromatic heterocycles. The molecule has 6 heteroatoms. The molecule has 0 unspecified atom stereocenters. The highest BCUT2D eigenvalue weighted by Gasteiger charge is 2.15.